The number of aromatic nitrogens is 3. The molecular formula is C14H16N4O2S. The van der Waals surface area contributed by atoms with Crippen LogP contribution in [0.2, 0.25) is 0 Å². The topological polar surface area (TPSA) is 77.0 Å². The van der Waals surface area contributed by atoms with Gasteiger partial charge in [-0.3, -0.25) is 9.78 Å². The molecule has 0 saturated carbocycles. The second-order valence-corrected chi connectivity index (χ2v) is 5.15. The molecule has 21 heavy (non-hydrogen) atoms. The molecule has 2 aromatic heterocycles. The molecule has 1 N–H and O–H groups in total. The largest absolute Gasteiger partial charge is 0.385 e. The Morgan fingerprint density at radius 1 is 1.29 bits per heavy atom. The van der Waals surface area contributed by atoms with E-state index < -0.39 is 0 Å². The van der Waals surface area contributed by atoms with Crippen LogP contribution in [-0.4, -0.2) is 41.1 Å². The van der Waals surface area contributed by atoms with Crippen molar-refractivity contribution in [2.24, 2.45) is 0 Å². The number of pyridine rings is 1. The van der Waals surface area contributed by atoms with Gasteiger partial charge in [0.25, 0.3) is 5.91 Å². The summed E-state index contributed by atoms with van der Waals surface area (Å²) < 4.78 is 4.93. The van der Waals surface area contributed by atoms with Crippen molar-refractivity contribution in [3.8, 4) is 0 Å². The lowest BCUT2D eigenvalue weighted by Crippen LogP contribution is -2.26. The van der Waals surface area contributed by atoms with Gasteiger partial charge in [0.1, 0.15) is 5.69 Å². The number of hydrogen-bond acceptors (Lipinski definition) is 6. The Bertz CT molecular complexity index is 580. The molecule has 110 valence electrons. The van der Waals surface area contributed by atoms with Gasteiger partial charge in [-0.25, -0.2) is 9.97 Å². The van der Waals surface area contributed by atoms with Gasteiger partial charge in [-0.1, -0.05) is 0 Å². The van der Waals surface area contributed by atoms with Crippen molar-refractivity contribution in [2.45, 2.75) is 16.5 Å². The number of methoxy groups -OCH3 is 1. The molecule has 2 heterocycles. The maximum Gasteiger partial charge on any atom is 0.269 e. The molecule has 0 aliphatic rings. The van der Waals surface area contributed by atoms with Crippen LogP contribution in [-0.2, 0) is 4.74 Å². The highest BCUT2D eigenvalue weighted by molar-refractivity contribution is 7.99. The average molecular weight is 304 g/mol. The second-order valence-electron chi connectivity index (χ2n) is 4.11. The molecule has 0 fully saturated rings. The van der Waals surface area contributed by atoms with E-state index in [1.54, 1.807) is 37.8 Å². The lowest BCUT2D eigenvalue weighted by atomic mass is 10.3. The third-order valence-electron chi connectivity index (χ3n) is 2.53. The molecule has 0 spiro atoms. The third-order valence-corrected chi connectivity index (χ3v) is 3.41. The Balaban J connectivity index is 1.95. The smallest absolute Gasteiger partial charge is 0.269 e. The molecule has 0 aliphatic heterocycles. The highest BCUT2D eigenvalue weighted by Gasteiger charge is 2.08. The van der Waals surface area contributed by atoms with E-state index in [-0.39, 0.29) is 5.91 Å². The minimum Gasteiger partial charge on any atom is -0.385 e. The maximum absolute atomic E-state index is 12.0. The van der Waals surface area contributed by atoms with Gasteiger partial charge >= 0.3 is 0 Å². The standard InChI is InChI=1S/C14H16N4O2S/c1-20-9-3-7-16-13(19)12-10-11(4-8-15-12)21-14-17-5-2-6-18-14/h2,4-6,8,10H,3,7,9H2,1H3,(H,16,19). The van der Waals surface area contributed by atoms with E-state index in [0.29, 0.717) is 24.0 Å². The Hall–Kier alpha value is -1.99. The van der Waals surface area contributed by atoms with Gasteiger partial charge in [-0.15, -0.1) is 0 Å². The molecule has 0 bridgehead atoms. The number of carbonyl (C=O) groups is 1. The second kappa shape index (κ2) is 8.33. The van der Waals surface area contributed by atoms with Crippen LogP contribution < -0.4 is 5.32 Å². The van der Waals surface area contributed by atoms with Gasteiger partial charge in [0.05, 0.1) is 0 Å². The predicted octanol–water partition coefficient (Wildman–Crippen LogP) is 1.79. The zero-order chi connectivity index (χ0) is 14.9. The lowest BCUT2D eigenvalue weighted by molar-refractivity contribution is 0.0943. The van der Waals surface area contributed by atoms with E-state index in [9.17, 15) is 4.79 Å². The summed E-state index contributed by atoms with van der Waals surface area (Å²) in [6.45, 7) is 1.18. The Morgan fingerprint density at radius 2 is 2.10 bits per heavy atom. The summed E-state index contributed by atoms with van der Waals surface area (Å²) in [6.07, 6.45) is 5.74. The van der Waals surface area contributed by atoms with Crippen molar-refractivity contribution in [3.05, 3.63) is 42.5 Å². The van der Waals surface area contributed by atoms with E-state index in [2.05, 4.69) is 20.3 Å². The van der Waals surface area contributed by atoms with E-state index >= 15 is 0 Å². The molecule has 0 saturated heterocycles. The Kier molecular flexibility index (Phi) is 6.11. The number of nitrogens with zero attached hydrogens (tertiary/aromatic N) is 3. The summed E-state index contributed by atoms with van der Waals surface area (Å²) in [6, 6.07) is 5.31. The minimum atomic E-state index is -0.192. The quantitative estimate of drug-likeness (QED) is 0.621. The molecule has 6 nitrogen and oxygen atoms in total. The molecule has 2 aromatic rings. The van der Waals surface area contributed by atoms with Gasteiger partial charge in [0.2, 0.25) is 0 Å². The average Bonchev–Trinajstić information content (AvgIpc) is 2.53. The fourth-order valence-corrected chi connectivity index (χ4v) is 2.29. The third kappa shape index (κ3) is 5.13. The van der Waals surface area contributed by atoms with Crippen LogP contribution in [0.5, 0.6) is 0 Å². The summed E-state index contributed by atoms with van der Waals surface area (Å²) in [5.74, 6) is -0.192. The van der Waals surface area contributed by atoms with Crippen LogP contribution in [0, 0.1) is 0 Å². The van der Waals surface area contributed by atoms with Gasteiger partial charge in [0, 0.05) is 43.7 Å². The number of ether oxygens (including phenoxy) is 1. The Labute approximate surface area is 127 Å². The molecule has 0 aromatic carbocycles. The van der Waals surface area contributed by atoms with E-state index in [1.165, 1.54) is 11.8 Å². The van der Waals surface area contributed by atoms with Crippen molar-refractivity contribution in [1.29, 1.82) is 0 Å². The predicted molar refractivity (Wildman–Crippen MR) is 79.2 cm³/mol. The van der Waals surface area contributed by atoms with E-state index in [0.717, 1.165) is 11.3 Å². The summed E-state index contributed by atoms with van der Waals surface area (Å²) in [5, 5.41) is 3.44. The Morgan fingerprint density at radius 3 is 2.86 bits per heavy atom. The number of hydrogen-bond donors (Lipinski definition) is 1. The van der Waals surface area contributed by atoms with Crippen molar-refractivity contribution in [3.63, 3.8) is 0 Å². The first-order chi connectivity index (χ1) is 10.3. The van der Waals surface area contributed by atoms with Crippen molar-refractivity contribution in [2.75, 3.05) is 20.3 Å². The zero-order valence-electron chi connectivity index (χ0n) is 11.7. The SMILES string of the molecule is COCCCNC(=O)c1cc(Sc2ncccn2)ccn1. The molecule has 0 unspecified atom stereocenters. The monoisotopic (exact) mass is 304 g/mol. The number of rotatable bonds is 7. The van der Waals surface area contributed by atoms with E-state index in [1.807, 2.05) is 6.07 Å². The van der Waals surface area contributed by atoms with Crippen molar-refractivity contribution < 1.29 is 9.53 Å². The van der Waals surface area contributed by atoms with Crippen LogP contribution in [0.4, 0.5) is 0 Å². The highest BCUT2D eigenvalue weighted by Crippen LogP contribution is 2.23. The minimum absolute atomic E-state index is 0.192. The van der Waals surface area contributed by atoms with Crippen LogP contribution in [0.25, 0.3) is 0 Å². The first kappa shape index (κ1) is 15.4. The van der Waals surface area contributed by atoms with E-state index in [4.69, 9.17) is 4.74 Å². The summed E-state index contributed by atoms with van der Waals surface area (Å²) in [7, 11) is 1.63. The number of nitrogens with one attached hydrogen (secondary N) is 1. The van der Waals surface area contributed by atoms with Crippen LogP contribution >= 0.6 is 11.8 Å². The highest BCUT2D eigenvalue weighted by atomic mass is 32.2. The molecule has 0 aliphatic carbocycles. The van der Waals surface area contributed by atoms with Crippen molar-refractivity contribution >= 4 is 17.7 Å². The van der Waals surface area contributed by atoms with Gasteiger partial charge in [0.15, 0.2) is 5.16 Å². The van der Waals surface area contributed by atoms with Crippen LogP contribution in [0.1, 0.15) is 16.9 Å². The molecule has 0 radical (unpaired) electrons. The maximum atomic E-state index is 12.0. The first-order valence-corrected chi connectivity index (χ1v) is 7.29. The number of amides is 1. The first-order valence-electron chi connectivity index (χ1n) is 6.47. The lowest BCUT2D eigenvalue weighted by Gasteiger charge is -2.05. The van der Waals surface area contributed by atoms with Gasteiger partial charge in [-0.2, -0.15) is 0 Å². The molecule has 2 rings (SSSR count). The fraction of sp³-hybridized carbons (Fsp3) is 0.286. The summed E-state index contributed by atoms with van der Waals surface area (Å²) in [4.78, 5) is 25.2. The van der Waals surface area contributed by atoms with Crippen molar-refractivity contribution in [1.82, 2.24) is 20.3 Å². The fourth-order valence-electron chi connectivity index (χ4n) is 1.55. The molecule has 0 atom stereocenters. The van der Waals surface area contributed by atoms with Crippen LogP contribution in [0.3, 0.4) is 0 Å². The molecule has 1 amide bonds. The van der Waals surface area contributed by atoms with Gasteiger partial charge < -0.3 is 10.1 Å². The number of carbonyl (C=O) groups excluding carboxylic acids is 1. The zero-order valence-corrected chi connectivity index (χ0v) is 12.5. The normalized spacial score (nSPS) is 10.3. The van der Waals surface area contributed by atoms with Crippen LogP contribution in [0.15, 0.2) is 46.8 Å². The summed E-state index contributed by atoms with van der Waals surface area (Å²) >= 11 is 1.39. The van der Waals surface area contributed by atoms with Gasteiger partial charge in [-0.05, 0) is 36.4 Å². The summed E-state index contributed by atoms with van der Waals surface area (Å²) in [5.41, 5.74) is 0.383. The molecular weight excluding hydrogens is 288 g/mol. The molecule has 7 heteroatoms.